The van der Waals surface area contributed by atoms with E-state index >= 15 is 0 Å². The number of rotatable bonds is 3. The third-order valence-electron chi connectivity index (χ3n) is 3.16. The average molecular weight is 209 g/mol. The molecule has 2 atom stereocenters. The van der Waals surface area contributed by atoms with Crippen molar-refractivity contribution in [3.63, 3.8) is 0 Å². The summed E-state index contributed by atoms with van der Waals surface area (Å²) in [5.41, 5.74) is 6.96. The number of hydrogen-bond donors (Lipinski definition) is 1. The summed E-state index contributed by atoms with van der Waals surface area (Å²) in [5, 5.41) is 3.93. The lowest BCUT2D eigenvalue weighted by molar-refractivity contribution is 0.151. The van der Waals surface area contributed by atoms with Crippen LogP contribution in [-0.4, -0.2) is 29.2 Å². The molecule has 1 aromatic heterocycles. The summed E-state index contributed by atoms with van der Waals surface area (Å²) in [7, 11) is 0. The topological polar surface area (TPSA) is 55.3 Å². The molecule has 15 heavy (non-hydrogen) atoms. The second-order valence-corrected chi connectivity index (χ2v) is 4.49. The van der Waals surface area contributed by atoms with Crippen LogP contribution in [0.3, 0.4) is 0 Å². The zero-order valence-corrected chi connectivity index (χ0v) is 9.22. The molecule has 1 aliphatic rings. The predicted octanol–water partition coefficient (Wildman–Crippen LogP) is 1.23. The van der Waals surface area contributed by atoms with Gasteiger partial charge in [0, 0.05) is 25.2 Å². The van der Waals surface area contributed by atoms with Gasteiger partial charge in [0.2, 0.25) is 0 Å². The Hall–Kier alpha value is -0.870. The summed E-state index contributed by atoms with van der Waals surface area (Å²) in [6.45, 7) is 5.23. The molecule has 0 spiro atoms. The van der Waals surface area contributed by atoms with E-state index in [9.17, 15) is 0 Å². The Labute approximate surface area is 90.4 Å². The Morgan fingerprint density at radius 3 is 3.27 bits per heavy atom. The van der Waals surface area contributed by atoms with E-state index in [1.807, 2.05) is 6.07 Å². The molecule has 1 aromatic rings. The van der Waals surface area contributed by atoms with Gasteiger partial charge in [0.1, 0.15) is 6.26 Å². The first kappa shape index (κ1) is 10.6. The van der Waals surface area contributed by atoms with Crippen LogP contribution in [0.15, 0.2) is 16.9 Å². The van der Waals surface area contributed by atoms with Crippen LogP contribution >= 0.6 is 0 Å². The molecule has 1 saturated heterocycles. The molecule has 4 nitrogen and oxygen atoms in total. The van der Waals surface area contributed by atoms with Gasteiger partial charge in [-0.1, -0.05) is 5.16 Å². The summed E-state index contributed by atoms with van der Waals surface area (Å²) in [6, 6.07) is 2.22. The molecule has 1 aliphatic heterocycles. The minimum absolute atomic E-state index is 0.296. The highest BCUT2D eigenvalue weighted by atomic mass is 16.5. The molecule has 0 amide bonds. The Bertz CT molecular complexity index is 284. The van der Waals surface area contributed by atoms with Crippen molar-refractivity contribution in [1.29, 1.82) is 0 Å². The highest BCUT2D eigenvalue weighted by Crippen LogP contribution is 2.19. The molecule has 0 aromatic carbocycles. The molecule has 0 aliphatic carbocycles. The molecular formula is C11H19N3O. The fraction of sp³-hybridized carbons (Fsp3) is 0.727. The molecule has 0 radical (unpaired) electrons. The molecule has 4 heteroatoms. The number of piperidine rings is 1. The van der Waals surface area contributed by atoms with Crippen molar-refractivity contribution in [2.24, 2.45) is 11.7 Å². The van der Waals surface area contributed by atoms with E-state index in [1.165, 1.54) is 12.8 Å². The van der Waals surface area contributed by atoms with Crippen LogP contribution in [0.2, 0.25) is 0 Å². The Kier molecular flexibility index (Phi) is 3.38. The Morgan fingerprint density at radius 2 is 2.60 bits per heavy atom. The van der Waals surface area contributed by atoms with Crippen LogP contribution in [0.5, 0.6) is 0 Å². The van der Waals surface area contributed by atoms with Crippen molar-refractivity contribution < 1.29 is 4.52 Å². The van der Waals surface area contributed by atoms with Gasteiger partial charge in [0.15, 0.2) is 0 Å². The smallest absolute Gasteiger partial charge is 0.124 e. The maximum Gasteiger partial charge on any atom is 0.124 e. The van der Waals surface area contributed by atoms with Gasteiger partial charge in [0.05, 0.1) is 5.69 Å². The minimum atomic E-state index is 0.296. The van der Waals surface area contributed by atoms with Crippen molar-refractivity contribution in [2.75, 3.05) is 13.1 Å². The standard InChI is InChI=1S/C11H19N3O/c1-9(12)10-3-2-5-14(7-10)8-11-4-6-15-13-11/h4,6,9-10H,2-3,5,7-8,12H2,1H3. The zero-order valence-electron chi connectivity index (χ0n) is 9.22. The second kappa shape index (κ2) is 4.77. The normalized spacial score (nSPS) is 25.3. The van der Waals surface area contributed by atoms with Crippen molar-refractivity contribution in [3.8, 4) is 0 Å². The van der Waals surface area contributed by atoms with E-state index in [0.29, 0.717) is 12.0 Å². The maximum absolute atomic E-state index is 5.94. The molecule has 2 N–H and O–H groups in total. The third-order valence-corrected chi connectivity index (χ3v) is 3.16. The van der Waals surface area contributed by atoms with Crippen molar-refractivity contribution >= 4 is 0 Å². The van der Waals surface area contributed by atoms with Gasteiger partial charge in [-0.05, 0) is 32.2 Å². The molecule has 2 rings (SSSR count). The van der Waals surface area contributed by atoms with E-state index in [2.05, 4.69) is 17.0 Å². The molecule has 84 valence electrons. The first-order chi connectivity index (χ1) is 7.25. The lowest BCUT2D eigenvalue weighted by Crippen LogP contribution is -2.41. The number of nitrogens with two attached hydrogens (primary N) is 1. The largest absolute Gasteiger partial charge is 0.364 e. The van der Waals surface area contributed by atoms with Gasteiger partial charge in [-0.3, -0.25) is 4.90 Å². The number of hydrogen-bond acceptors (Lipinski definition) is 4. The van der Waals surface area contributed by atoms with Crippen LogP contribution in [0.4, 0.5) is 0 Å². The number of nitrogens with zero attached hydrogens (tertiary/aromatic N) is 2. The summed E-state index contributed by atoms with van der Waals surface area (Å²) in [4.78, 5) is 2.41. The van der Waals surface area contributed by atoms with E-state index < -0.39 is 0 Å². The third kappa shape index (κ3) is 2.79. The maximum atomic E-state index is 5.94. The van der Waals surface area contributed by atoms with E-state index in [-0.39, 0.29) is 0 Å². The fourth-order valence-corrected chi connectivity index (χ4v) is 2.21. The summed E-state index contributed by atoms with van der Waals surface area (Å²) in [6.07, 6.45) is 4.12. The van der Waals surface area contributed by atoms with Crippen molar-refractivity contribution in [3.05, 3.63) is 18.0 Å². The van der Waals surface area contributed by atoms with Gasteiger partial charge < -0.3 is 10.3 Å². The first-order valence-corrected chi connectivity index (χ1v) is 5.63. The van der Waals surface area contributed by atoms with Gasteiger partial charge in [-0.25, -0.2) is 0 Å². The van der Waals surface area contributed by atoms with E-state index in [4.69, 9.17) is 10.3 Å². The van der Waals surface area contributed by atoms with Gasteiger partial charge in [-0.15, -0.1) is 0 Å². The molecule has 0 saturated carbocycles. The molecule has 1 fully saturated rings. The van der Waals surface area contributed by atoms with E-state index in [1.54, 1.807) is 6.26 Å². The highest BCUT2D eigenvalue weighted by molar-refractivity contribution is 4.95. The number of likely N-dealkylation sites (tertiary alicyclic amines) is 1. The predicted molar refractivity (Wildman–Crippen MR) is 58.2 cm³/mol. The lowest BCUT2D eigenvalue weighted by atomic mass is 9.92. The molecule has 2 heterocycles. The Balaban J connectivity index is 1.88. The van der Waals surface area contributed by atoms with Crippen molar-refractivity contribution in [1.82, 2.24) is 10.1 Å². The zero-order chi connectivity index (χ0) is 10.7. The molecule has 2 unspecified atom stereocenters. The van der Waals surface area contributed by atoms with Crippen molar-refractivity contribution in [2.45, 2.75) is 32.4 Å². The second-order valence-electron chi connectivity index (χ2n) is 4.49. The Morgan fingerprint density at radius 1 is 1.73 bits per heavy atom. The van der Waals surface area contributed by atoms with Crippen LogP contribution in [0.25, 0.3) is 0 Å². The van der Waals surface area contributed by atoms with Gasteiger partial charge in [-0.2, -0.15) is 0 Å². The first-order valence-electron chi connectivity index (χ1n) is 5.63. The monoisotopic (exact) mass is 209 g/mol. The van der Waals surface area contributed by atoms with E-state index in [0.717, 1.165) is 25.3 Å². The SMILES string of the molecule is CC(N)C1CCCN(Cc2ccon2)C1. The molecular weight excluding hydrogens is 190 g/mol. The van der Waals surface area contributed by atoms with Crippen LogP contribution in [0, 0.1) is 5.92 Å². The minimum Gasteiger partial charge on any atom is -0.364 e. The van der Waals surface area contributed by atoms with Gasteiger partial charge >= 0.3 is 0 Å². The van der Waals surface area contributed by atoms with Crippen LogP contribution in [0.1, 0.15) is 25.5 Å². The highest BCUT2D eigenvalue weighted by Gasteiger charge is 2.22. The van der Waals surface area contributed by atoms with Crippen LogP contribution < -0.4 is 5.73 Å². The number of aromatic nitrogens is 1. The fourth-order valence-electron chi connectivity index (χ4n) is 2.21. The average Bonchev–Trinajstić information content (AvgIpc) is 2.71. The summed E-state index contributed by atoms with van der Waals surface area (Å²) >= 11 is 0. The quantitative estimate of drug-likeness (QED) is 0.813. The summed E-state index contributed by atoms with van der Waals surface area (Å²) < 4.78 is 4.83. The lowest BCUT2D eigenvalue weighted by Gasteiger charge is -2.34. The molecule has 0 bridgehead atoms. The summed E-state index contributed by atoms with van der Waals surface area (Å²) in [5.74, 6) is 0.630. The van der Waals surface area contributed by atoms with Crippen LogP contribution in [-0.2, 0) is 6.54 Å². The van der Waals surface area contributed by atoms with Gasteiger partial charge in [0.25, 0.3) is 0 Å².